The number of rotatable bonds is 5. The molecule has 2 rings (SSSR count). The van der Waals surface area contributed by atoms with Crippen molar-refractivity contribution in [3.63, 3.8) is 0 Å². The fraction of sp³-hybridized carbons (Fsp3) is 0.545. The summed E-state index contributed by atoms with van der Waals surface area (Å²) in [6.07, 6.45) is 1.42. The van der Waals surface area contributed by atoms with Gasteiger partial charge in [-0.2, -0.15) is 4.98 Å². The first kappa shape index (κ1) is 14.9. The zero-order chi connectivity index (χ0) is 15.5. The summed E-state index contributed by atoms with van der Waals surface area (Å²) in [5.74, 6) is -1.53. The summed E-state index contributed by atoms with van der Waals surface area (Å²) in [5.41, 5.74) is -1.85. The van der Waals surface area contributed by atoms with Gasteiger partial charge in [-0.3, -0.25) is 10.1 Å². The number of ether oxygens (including phenoxy) is 2. The number of carboxylic acid groups (broad SMARTS) is 1. The third kappa shape index (κ3) is 2.84. The van der Waals surface area contributed by atoms with Crippen molar-refractivity contribution in [2.45, 2.75) is 18.4 Å². The molecular weight excluding hydrogens is 284 g/mol. The van der Waals surface area contributed by atoms with Crippen LogP contribution in [0.2, 0.25) is 0 Å². The first-order chi connectivity index (χ1) is 10.00. The van der Waals surface area contributed by atoms with E-state index in [1.54, 1.807) is 0 Å². The minimum absolute atomic E-state index is 0.172. The van der Waals surface area contributed by atoms with E-state index in [-0.39, 0.29) is 37.8 Å². The molecule has 10 heteroatoms. The van der Waals surface area contributed by atoms with Crippen molar-refractivity contribution in [1.29, 1.82) is 0 Å². The lowest BCUT2D eigenvalue weighted by Crippen LogP contribution is -2.50. The lowest BCUT2D eigenvalue weighted by atomic mass is 9.90. The van der Waals surface area contributed by atoms with Crippen LogP contribution in [0.3, 0.4) is 0 Å². The molecule has 1 saturated heterocycles. The first-order valence-corrected chi connectivity index (χ1v) is 6.13. The van der Waals surface area contributed by atoms with E-state index in [9.17, 15) is 20.0 Å². The Balaban J connectivity index is 2.41. The molecule has 21 heavy (non-hydrogen) atoms. The molecule has 1 aromatic heterocycles. The van der Waals surface area contributed by atoms with Gasteiger partial charge >= 0.3 is 11.7 Å². The van der Waals surface area contributed by atoms with Gasteiger partial charge < -0.3 is 19.9 Å². The van der Waals surface area contributed by atoms with Gasteiger partial charge in [0.1, 0.15) is 11.9 Å². The highest BCUT2D eigenvalue weighted by Gasteiger charge is 2.42. The molecule has 1 fully saturated rings. The van der Waals surface area contributed by atoms with E-state index in [0.29, 0.717) is 0 Å². The largest absolute Gasteiger partial charge is 0.480 e. The van der Waals surface area contributed by atoms with E-state index >= 15 is 0 Å². The molecular formula is C11H14N4O6. The van der Waals surface area contributed by atoms with E-state index in [1.165, 1.54) is 7.11 Å². The molecule has 0 saturated carbocycles. The number of aromatic nitrogens is 2. The number of methoxy groups -OCH3 is 1. The highest BCUT2D eigenvalue weighted by molar-refractivity contribution is 5.83. The maximum absolute atomic E-state index is 11.6. The van der Waals surface area contributed by atoms with Crippen LogP contribution in [0.4, 0.5) is 11.5 Å². The standard InChI is InChI=1S/C11H14N4O6/c1-20-9-7(15(18)19)8(12-6-13-9)14-11(10(16)17)2-4-21-5-3-11/h6H,2-5H2,1H3,(H,16,17)(H,12,13,14). The average Bonchev–Trinajstić information content (AvgIpc) is 2.47. The topological polar surface area (TPSA) is 137 Å². The fourth-order valence-corrected chi connectivity index (χ4v) is 2.11. The summed E-state index contributed by atoms with van der Waals surface area (Å²) in [6, 6.07) is 0. The summed E-state index contributed by atoms with van der Waals surface area (Å²) in [4.78, 5) is 29.4. The van der Waals surface area contributed by atoms with Crippen LogP contribution in [-0.4, -0.2) is 51.8 Å². The molecule has 1 aliphatic rings. The predicted octanol–water partition coefficient (Wildman–Crippen LogP) is 0.439. The van der Waals surface area contributed by atoms with Crippen molar-refractivity contribution in [3.05, 3.63) is 16.4 Å². The molecule has 114 valence electrons. The fourth-order valence-electron chi connectivity index (χ4n) is 2.11. The SMILES string of the molecule is COc1ncnc(NC2(C(=O)O)CCOCC2)c1[N+](=O)[O-]. The molecule has 2 heterocycles. The second-order valence-corrected chi connectivity index (χ2v) is 4.46. The molecule has 0 atom stereocenters. The minimum Gasteiger partial charge on any atom is -0.480 e. The van der Waals surface area contributed by atoms with Crippen molar-refractivity contribution in [2.24, 2.45) is 0 Å². The lowest BCUT2D eigenvalue weighted by molar-refractivity contribution is -0.385. The van der Waals surface area contributed by atoms with E-state index in [0.717, 1.165) is 6.33 Å². The molecule has 0 amide bonds. The zero-order valence-electron chi connectivity index (χ0n) is 11.2. The van der Waals surface area contributed by atoms with Gasteiger partial charge in [-0.25, -0.2) is 9.78 Å². The number of hydrogen-bond donors (Lipinski definition) is 2. The number of hydrogen-bond acceptors (Lipinski definition) is 8. The Hall–Kier alpha value is -2.49. The van der Waals surface area contributed by atoms with Gasteiger partial charge in [0, 0.05) is 26.1 Å². The normalized spacial score (nSPS) is 17.0. The van der Waals surface area contributed by atoms with Gasteiger partial charge in [0.05, 0.1) is 12.0 Å². The summed E-state index contributed by atoms with van der Waals surface area (Å²) in [6.45, 7) is 0.491. The van der Waals surface area contributed by atoms with Crippen LogP contribution in [0.25, 0.3) is 0 Å². The number of carbonyl (C=O) groups is 1. The highest BCUT2D eigenvalue weighted by atomic mass is 16.6. The van der Waals surface area contributed by atoms with E-state index in [2.05, 4.69) is 15.3 Å². The Morgan fingerprint density at radius 1 is 1.52 bits per heavy atom. The highest BCUT2D eigenvalue weighted by Crippen LogP contribution is 2.34. The number of anilines is 1. The molecule has 0 spiro atoms. The number of nitrogens with one attached hydrogen (secondary N) is 1. The molecule has 0 radical (unpaired) electrons. The average molecular weight is 298 g/mol. The summed E-state index contributed by atoms with van der Waals surface area (Å²) in [5, 5.41) is 23.3. The van der Waals surface area contributed by atoms with Crippen molar-refractivity contribution in [2.75, 3.05) is 25.6 Å². The van der Waals surface area contributed by atoms with Gasteiger partial charge in [-0.05, 0) is 0 Å². The third-order valence-corrected chi connectivity index (χ3v) is 3.28. The number of nitro groups is 1. The van der Waals surface area contributed by atoms with Crippen molar-refractivity contribution in [3.8, 4) is 5.88 Å². The first-order valence-electron chi connectivity index (χ1n) is 6.13. The number of carboxylic acids is 1. The second-order valence-electron chi connectivity index (χ2n) is 4.46. The van der Waals surface area contributed by atoms with Crippen LogP contribution in [0, 0.1) is 10.1 Å². The van der Waals surface area contributed by atoms with Crippen molar-refractivity contribution >= 4 is 17.5 Å². The Labute approximate surface area is 119 Å². The van der Waals surface area contributed by atoms with Gasteiger partial charge in [-0.15, -0.1) is 0 Å². The van der Waals surface area contributed by atoms with Crippen LogP contribution >= 0.6 is 0 Å². The molecule has 10 nitrogen and oxygen atoms in total. The summed E-state index contributed by atoms with van der Waals surface area (Å²) in [7, 11) is 1.24. The summed E-state index contributed by atoms with van der Waals surface area (Å²) >= 11 is 0. The Morgan fingerprint density at radius 2 is 2.19 bits per heavy atom. The van der Waals surface area contributed by atoms with Crippen LogP contribution in [0.15, 0.2) is 6.33 Å². The minimum atomic E-state index is -1.36. The van der Waals surface area contributed by atoms with Gasteiger partial charge in [-0.1, -0.05) is 0 Å². The third-order valence-electron chi connectivity index (χ3n) is 3.28. The quantitative estimate of drug-likeness (QED) is 0.585. The van der Waals surface area contributed by atoms with E-state index in [1.807, 2.05) is 0 Å². The van der Waals surface area contributed by atoms with Gasteiger partial charge in [0.2, 0.25) is 5.82 Å². The van der Waals surface area contributed by atoms with Gasteiger partial charge in [0.25, 0.3) is 5.88 Å². The van der Waals surface area contributed by atoms with Gasteiger partial charge in [0.15, 0.2) is 0 Å². The maximum Gasteiger partial charge on any atom is 0.372 e. The molecule has 0 aliphatic carbocycles. The molecule has 1 aliphatic heterocycles. The molecule has 2 N–H and O–H groups in total. The smallest absolute Gasteiger partial charge is 0.372 e. The monoisotopic (exact) mass is 298 g/mol. The number of aliphatic carboxylic acids is 1. The van der Waals surface area contributed by atoms with E-state index < -0.39 is 22.1 Å². The molecule has 0 aromatic carbocycles. The lowest BCUT2D eigenvalue weighted by Gasteiger charge is -2.34. The van der Waals surface area contributed by atoms with Crippen LogP contribution in [-0.2, 0) is 9.53 Å². The van der Waals surface area contributed by atoms with Crippen LogP contribution in [0.1, 0.15) is 12.8 Å². The molecule has 0 bridgehead atoms. The Kier molecular flexibility index (Phi) is 4.17. The van der Waals surface area contributed by atoms with E-state index in [4.69, 9.17) is 9.47 Å². The maximum atomic E-state index is 11.6. The summed E-state index contributed by atoms with van der Waals surface area (Å²) < 4.78 is 9.97. The second kappa shape index (κ2) is 5.87. The van der Waals surface area contributed by atoms with Crippen LogP contribution in [0.5, 0.6) is 5.88 Å². The van der Waals surface area contributed by atoms with Crippen molar-refractivity contribution < 1.29 is 24.3 Å². The predicted molar refractivity (Wildman–Crippen MR) is 69.3 cm³/mol. The van der Waals surface area contributed by atoms with Crippen LogP contribution < -0.4 is 10.1 Å². The molecule has 0 unspecified atom stereocenters. The van der Waals surface area contributed by atoms with Crippen molar-refractivity contribution in [1.82, 2.24) is 9.97 Å². The zero-order valence-corrected chi connectivity index (χ0v) is 11.2. The Morgan fingerprint density at radius 3 is 2.71 bits per heavy atom. The Bertz CT molecular complexity index is 558. The molecule has 1 aromatic rings. The number of nitrogens with zero attached hydrogens (tertiary/aromatic N) is 3.